The van der Waals surface area contributed by atoms with Crippen LogP contribution in [0, 0.1) is 0 Å². The molecule has 2 heterocycles. The second-order valence-electron chi connectivity index (χ2n) is 12.7. The van der Waals surface area contributed by atoms with Crippen LogP contribution < -0.4 is 0 Å². The first-order valence-corrected chi connectivity index (χ1v) is 18.1. The highest BCUT2D eigenvalue weighted by Crippen LogP contribution is 2.47. The van der Waals surface area contributed by atoms with Crippen LogP contribution in [-0.2, 0) is 9.84 Å². The summed E-state index contributed by atoms with van der Waals surface area (Å²) in [6, 6.07) is 57.3. The molecule has 0 unspecified atom stereocenters. The molecule has 0 fully saturated rings. The zero-order valence-corrected chi connectivity index (χ0v) is 27.6. The Morgan fingerprint density at radius 3 is 1.54 bits per heavy atom. The predicted octanol–water partition coefficient (Wildman–Crippen LogP) is 11.1. The summed E-state index contributed by atoms with van der Waals surface area (Å²) >= 11 is 0. The van der Waals surface area contributed by atoms with Gasteiger partial charge in [0.15, 0.2) is 0 Å². The molecule has 0 atom stereocenters. The van der Waals surface area contributed by atoms with Gasteiger partial charge in [-0.15, -0.1) is 0 Å². The monoisotopic (exact) mass is 660 g/mol. The first-order valence-electron chi connectivity index (χ1n) is 16.6. The van der Waals surface area contributed by atoms with Crippen LogP contribution in [0.2, 0.25) is 0 Å². The number of nitrogens with zero attached hydrogens (tertiary/aromatic N) is 2. The number of aromatic nitrogens is 2. The fraction of sp³-hybridized carbons (Fsp3) is 0. The second kappa shape index (κ2) is 10.9. The maximum Gasteiger partial charge on any atom is 0.210 e. The molecule has 0 aliphatic carbocycles. The van der Waals surface area contributed by atoms with Gasteiger partial charge in [-0.3, -0.25) is 4.57 Å². The summed E-state index contributed by atoms with van der Waals surface area (Å²) < 4.78 is 30.9. The van der Waals surface area contributed by atoms with E-state index in [1.807, 2.05) is 59.2 Å². The standard InChI is InChI=1S/C45H28N2O2S/c48-50(49)40-21-11-20-38-44(40)47(45(46-38)32-14-5-2-6-15-32)39-27-26-33(28-41(39)50)43-36-18-9-7-16-34(36)42(35-17-8-10-19-37(35)43)31-24-22-30(23-25-31)29-12-3-1-4-13-29/h1-28H. The molecule has 1 aliphatic rings. The van der Waals surface area contributed by atoms with Gasteiger partial charge in [-0.25, -0.2) is 13.4 Å². The molecule has 0 N–H and O–H groups in total. The van der Waals surface area contributed by atoms with E-state index in [1.165, 1.54) is 11.1 Å². The molecule has 8 aromatic carbocycles. The van der Waals surface area contributed by atoms with Crippen molar-refractivity contribution in [3.63, 3.8) is 0 Å². The van der Waals surface area contributed by atoms with Crippen molar-refractivity contribution >= 4 is 42.4 Å². The van der Waals surface area contributed by atoms with Gasteiger partial charge in [0.2, 0.25) is 9.84 Å². The van der Waals surface area contributed by atoms with Crippen LogP contribution in [0.4, 0.5) is 0 Å². The van der Waals surface area contributed by atoms with Crippen molar-refractivity contribution in [2.24, 2.45) is 0 Å². The largest absolute Gasteiger partial charge is 0.290 e. The normalized spacial score (nSPS) is 13.1. The number of rotatable bonds is 4. The average molecular weight is 661 g/mol. The molecule has 10 rings (SSSR count). The lowest BCUT2D eigenvalue weighted by Crippen LogP contribution is -2.15. The molecule has 1 aromatic heterocycles. The van der Waals surface area contributed by atoms with Crippen molar-refractivity contribution in [3.8, 4) is 50.5 Å². The number of benzene rings is 8. The van der Waals surface area contributed by atoms with Gasteiger partial charge in [-0.05, 0) is 79.2 Å². The van der Waals surface area contributed by atoms with Crippen molar-refractivity contribution < 1.29 is 8.42 Å². The van der Waals surface area contributed by atoms with Gasteiger partial charge in [-0.1, -0.05) is 146 Å². The Labute approximate surface area is 289 Å². The molecular formula is C45H28N2O2S. The maximum atomic E-state index is 14.5. The molecule has 0 spiro atoms. The summed E-state index contributed by atoms with van der Waals surface area (Å²) in [5.41, 5.74) is 9.31. The number of imidazole rings is 1. The zero-order chi connectivity index (χ0) is 33.4. The van der Waals surface area contributed by atoms with Crippen LogP contribution in [0.3, 0.4) is 0 Å². The van der Waals surface area contributed by atoms with Crippen molar-refractivity contribution in [3.05, 3.63) is 170 Å². The number of hydrogen-bond donors (Lipinski definition) is 0. The quantitative estimate of drug-likeness (QED) is 0.177. The van der Waals surface area contributed by atoms with E-state index in [0.717, 1.165) is 55.2 Å². The maximum absolute atomic E-state index is 14.5. The molecule has 0 saturated heterocycles. The van der Waals surface area contributed by atoms with Crippen LogP contribution in [0.1, 0.15) is 0 Å². The van der Waals surface area contributed by atoms with Crippen molar-refractivity contribution in [1.29, 1.82) is 0 Å². The fourth-order valence-corrected chi connectivity index (χ4v) is 9.39. The predicted molar refractivity (Wildman–Crippen MR) is 203 cm³/mol. The summed E-state index contributed by atoms with van der Waals surface area (Å²) in [6.07, 6.45) is 0. The third kappa shape index (κ3) is 4.17. The van der Waals surface area contributed by atoms with Crippen LogP contribution in [-0.4, -0.2) is 18.0 Å². The molecule has 4 nitrogen and oxygen atoms in total. The molecule has 50 heavy (non-hydrogen) atoms. The number of para-hydroxylation sites is 1. The summed E-state index contributed by atoms with van der Waals surface area (Å²) in [5, 5.41) is 4.36. The van der Waals surface area contributed by atoms with Crippen LogP contribution in [0.15, 0.2) is 180 Å². The molecule has 5 heteroatoms. The first-order chi connectivity index (χ1) is 24.6. The van der Waals surface area contributed by atoms with E-state index in [9.17, 15) is 8.42 Å². The van der Waals surface area contributed by atoms with Gasteiger partial charge in [0, 0.05) is 5.56 Å². The minimum atomic E-state index is -3.85. The molecule has 0 radical (unpaired) electrons. The lowest BCUT2D eigenvalue weighted by molar-refractivity contribution is 0.594. The Balaban J connectivity index is 1.22. The van der Waals surface area contributed by atoms with E-state index in [1.54, 1.807) is 12.1 Å². The fourth-order valence-electron chi connectivity index (χ4n) is 7.73. The van der Waals surface area contributed by atoms with E-state index < -0.39 is 9.84 Å². The van der Waals surface area contributed by atoms with Gasteiger partial charge in [0.1, 0.15) is 5.82 Å². The van der Waals surface area contributed by atoms with Crippen molar-refractivity contribution in [2.75, 3.05) is 0 Å². The molecule has 9 aromatic rings. The Kier molecular flexibility index (Phi) is 6.23. The van der Waals surface area contributed by atoms with Gasteiger partial charge in [0.05, 0.1) is 26.5 Å². The van der Waals surface area contributed by atoms with E-state index in [-0.39, 0.29) is 9.79 Å². The number of fused-ring (bicyclic) bond motifs is 4. The zero-order valence-electron chi connectivity index (χ0n) is 26.8. The smallest absolute Gasteiger partial charge is 0.210 e. The van der Waals surface area contributed by atoms with Gasteiger partial charge >= 0.3 is 0 Å². The summed E-state index contributed by atoms with van der Waals surface area (Å²) in [6.45, 7) is 0. The lowest BCUT2D eigenvalue weighted by atomic mass is 9.85. The van der Waals surface area contributed by atoms with Gasteiger partial charge in [0.25, 0.3) is 0 Å². The number of sulfone groups is 1. The summed E-state index contributed by atoms with van der Waals surface area (Å²) in [4.78, 5) is 5.49. The van der Waals surface area contributed by atoms with Gasteiger partial charge < -0.3 is 0 Å². The third-order valence-corrected chi connectivity index (χ3v) is 11.8. The third-order valence-electron chi connectivity index (χ3n) is 9.95. The Morgan fingerprint density at radius 1 is 0.420 bits per heavy atom. The van der Waals surface area contributed by atoms with E-state index in [4.69, 9.17) is 4.98 Å². The van der Waals surface area contributed by atoms with Gasteiger partial charge in [-0.2, -0.15) is 0 Å². The Bertz CT molecular complexity index is 2860. The topological polar surface area (TPSA) is 52.0 Å². The SMILES string of the molecule is O=S1(=O)c2cc(-c3c4ccccc4c(-c4ccc(-c5ccccc5)cc4)c4ccccc34)ccc2-n2c(-c3ccccc3)nc3cccc1c32. The highest BCUT2D eigenvalue weighted by Gasteiger charge is 2.34. The Morgan fingerprint density at radius 2 is 0.920 bits per heavy atom. The highest BCUT2D eigenvalue weighted by atomic mass is 32.2. The Hall–Kier alpha value is -6.30. The van der Waals surface area contributed by atoms with Crippen LogP contribution in [0.5, 0.6) is 0 Å². The minimum absolute atomic E-state index is 0.276. The lowest BCUT2D eigenvalue weighted by Gasteiger charge is -2.23. The molecule has 1 aliphatic heterocycles. The highest BCUT2D eigenvalue weighted by molar-refractivity contribution is 7.92. The van der Waals surface area contributed by atoms with E-state index in [2.05, 4.69) is 103 Å². The second-order valence-corrected chi connectivity index (χ2v) is 14.6. The van der Waals surface area contributed by atoms with E-state index in [0.29, 0.717) is 16.7 Å². The molecule has 0 amide bonds. The molecular weight excluding hydrogens is 633 g/mol. The molecule has 236 valence electrons. The number of hydrogen-bond acceptors (Lipinski definition) is 3. The first kappa shape index (κ1) is 28.7. The summed E-state index contributed by atoms with van der Waals surface area (Å²) in [7, 11) is -3.85. The van der Waals surface area contributed by atoms with E-state index >= 15 is 0 Å². The minimum Gasteiger partial charge on any atom is -0.290 e. The van der Waals surface area contributed by atoms with Crippen LogP contribution in [0.25, 0.3) is 83.0 Å². The van der Waals surface area contributed by atoms with Crippen LogP contribution >= 0.6 is 0 Å². The summed E-state index contributed by atoms with van der Waals surface area (Å²) in [5.74, 6) is 0.718. The van der Waals surface area contributed by atoms with Crippen molar-refractivity contribution in [2.45, 2.75) is 9.79 Å². The van der Waals surface area contributed by atoms with Crippen molar-refractivity contribution in [1.82, 2.24) is 9.55 Å². The molecule has 0 saturated carbocycles. The molecule has 0 bridgehead atoms. The average Bonchev–Trinajstić information content (AvgIpc) is 3.57.